The minimum absolute atomic E-state index is 1.00. The molecule has 1 nitrogen and oxygen atoms in total. The number of alkyl halides is 3. The summed E-state index contributed by atoms with van der Waals surface area (Å²) in [6.07, 6.45) is 2.56. The molecule has 4 heteroatoms. The molecule has 1 aliphatic heterocycles. The molecule has 1 aliphatic rings. The summed E-state index contributed by atoms with van der Waals surface area (Å²) in [5.41, 5.74) is 0. The zero-order chi connectivity index (χ0) is 7.11. The van der Waals surface area contributed by atoms with Crippen LogP contribution in [0, 0.1) is 0 Å². The number of halogens is 3. The Kier molecular flexibility index (Phi) is 5.72. The first-order valence-corrected chi connectivity index (χ1v) is 2.73. The van der Waals surface area contributed by atoms with Crippen LogP contribution in [0.25, 0.3) is 0 Å². The molecule has 0 aromatic rings. The Morgan fingerprint density at radius 2 is 1.33 bits per heavy atom. The van der Waals surface area contributed by atoms with Crippen LogP contribution in [-0.2, 0) is 4.74 Å². The Labute approximate surface area is 51.8 Å². The van der Waals surface area contributed by atoms with E-state index >= 15 is 0 Å². The van der Waals surface area contributed by atoms with Gasteiger partial charge in [-0.3, -0.25) is 0 Å². The fourth-order valence-corrected chi connectivity index (χ4v) is 0.510. The van der Waals surface area contributed by atoms with Gasteiger partial charge in [-0.05, 0) is 12.8 Å². The van der Waals surface area contributed by atoms with Gasteiger partial charge in [0.2, 0.25) is 0 Å². The predicted octanol–water partition coefficient (Wildman–Crippen LogP) is 1.98. The molecule has 1 saturated heterocycles. The van der Waals surface area contributed by atoms with Crippen LogP contribution in [0.5, 0.6) is 0 Å². The summed E-state index contributed by atoms with van der Waals surface area (Å²) >= 11 is 0. The lowest BCUT2D eigenvalue weighted by atomic mass is 10.4. The molecule has 0 bridgehead atoms. The lowest BCUT2D eigenvalue weighted by Crippen LogP contribution is -1.74. The summed E-state index contributed by atoms with van der Waals surface area (Å²) in [4.78, 5) is 0. The van der Waals surface area contributed by atoms with Gasteiger partial charge in [0.05, 0.1) is 0 Å². The highest BCUT2D eigenvalue weighted by atomic mass is 19.4. The largest absolute Gasteiger partial charge is 0.381 e. The van der Waals surface area contributed by atoms with Crippen LogP contribution >= 0.6 is 0 Å². The molecule has 0 N–H and O–H groups in total. The Morgan fingerprint density at radius 3 is 1.44 bits per heavy atom. The second-order valence-corrected chi connectivity index (χ2v) is 1.57. The van der Waals surface area contributed by atoms with Crippen LogP contribution in [0.2, 0.25) is 0 Å². The molecule has 0 saturated carbocycles. The van der Waals surface area contributed by atoms with Crippen molar-refractivity contribution in [1.29, 1.82) is 0 Å². The molecule has 1 heterocycles. The number of hydrogen-bond donors (Lipinski definition) is 0. The molecule has 0 atom stereocenters. The third kappa shape index (κ3) is 11.4. The molecular formula is C5H9F3O. The summed E-state index contributed by atoms with van der Waals surface area (Å²) in [6.45, 7) is -1.67. The van der Waals surface area contributed by atoms with E-state index in [2.05, 4.69) is 0 Å². The molecule has 0 aliphatic carbocycles. The van der Waals surface area contributed by atoms with E-state index in [0.717, 1.165) is 13.2 Å². The molecule has 0 unspecified atom stereocenters. The van der Waals surface area contributed by atoms with Gasteiger partial charge in [-0.1, -0.05) is 0 Å². The highest BCUT2D eigenvalue weighted by molar-refractivity contribution is 4.43. The third-order valence-electron chi connectivity index (χ3n) is 0.827. The minimum atomic E-state index is -3.67. The number of ether oxygens (including phenoxy) is 1. The number of hydrogen-bond acceptors (Lipinski definition) is 1. The van der Waals surface area contributed by atoms with Crippen LogP contribution in [-0.4, -0.2) is 19.9 Å². The highest BCUT2D eigenvalue weighted by Crippen LogP contribution is 1.98. The van der Waals surface area contributed by atoms with Crippen LogP contribution in [0.3, 0.4) is 0 Å². The first-order chi connectivity index (χ1) is 4.23. The summed E-state index contributed by atoms with van der Waals surface area (Å²) in [7, 11) is 0. The molecule has 0 aromatic heterocycles. The maximum Gasteiger partial charge on any atom is 0.379 e. The molecule has 56 valence electrons. The standard InChI is InChI=1S/C4H8O.CHF3/c1-2-4-5-3-1;2-1(3)4/h1-4H2;1H. The van der Waals surface area contributed by atoms with Crippen LogP contribution < -0.4 is 0 Å². The first-order valence-electron chi connectivity index (χ1n) is 2.73. The molecule has 0 aromatic carbocycles. The van der Waals surface area contributed by atoms with Crippen molar-refractivity contribution in [3.8, 4) is 0 Å². The zero-order valence-electron chi connectivity index (χ0n) is 4.95. The van der Waals surface area contributed by atoms with Crippen molar-refractivity contribution in [1.82, 2.24) is 0 Å². The van der Waals surface area contributed by atoms with E-state index in [1.165, 1.54) is 12.8 Å². The van der Waals surface area contributed by atoms with Gasteiger partial charge in [-0.15, -0.1) is 0 Å². The third-order valence-corrected chi connectivity index (χ3v) is 0.827. The highest BCUT2D eigenvalue weighted by Gasteiger charge is 1.94. The zero-order valence-corrected chi connectivity index (χ0v) is 4.95. The fraction of sp³-hybridized carbons (Fsp3) is 1.00. The summed E-state index contributed by atoms with van der Waals surface area (Å²) in [5.74, 6) is 0. The monoisotopic (exact) mass is 142 g/mol. The summed E-state index contributed by atoms with van der Waals surface area (Å²) < 4.78 is 33.9. The molecule has 1 rings (SSSR count). The average Bonchev–Trinajstić information content (AvgIpc) is 2.11. The Morgan fingerprint density at radius 1 is 1.00 bits per heavy atom. The van der Waals surface area contributed by atoms with Crippen molar-refractivity contribution < 1.29 is 17.9 Å². The van der Waals surface area contributed by atoms with Crippen LogP contribution in [0.4, 0.5) is 13.2 Å². The normalized spacial score (nSPS) is 17.3. The quantitative estimate of drug-likeness (QED) is 0.502. The fourth-order valence-electron chi connectivity index (χ4n) is 0.510. The second-order valence-electron chi connectivity index (χ2n) is 1.57. The lowest BCUT2D eigenvalue weighted by Gasteiger charge is -1.76. The number of rotatable bonds is 0. The van der Waals surface area contributed by atoms with Crippen molar-refractivity contribution in [3.63, 3.8) is 0 Å². The maximum atomic E-state index is 9.67. The van der Waals surface area contributed by atoms with E-state index in [-0.39, 0.29) is 0 Å². The van der Waals surface area contributed by atoms with Gasteiger partial charge in [-0.25, -0.2) is 0 Å². The molecule has 0 radical (unpaired) electrons. The van der Waals surface area contributed by atoms with E-state index < -0.39 is 6.68 Å². The van der Waals surface area contributed by atoms with Gasteiger partial charge < -0.3 is 4.74 Å². The molecule has 9 heavy (non-hydrogen) atoms. The topological polar surface area (TPSA) is 9.23 Å². The lowest BCUT2D eigenvalue weighted by molar-refractivity contribution is 0.00819. The Balaban J connectivity index is 0.000000148. The molecule has 0 amide bonds. The first kappa shape index (κ1) is 8.75. The van der Waals surface area contributed by atoms with Gasteiger partial charge in [0.25, 0.3) is 0 Å². The Hall–Kier alpha value is -0.250. The summed E-state index contributed by atoms with van der Waals surface area (Å²) in [6, 6.07) is 0. The van der Waals surface area contributed by atoms with Gasteiger partial charge >= 0.3 is 6.68 Å². The van der Waals surface area contributed by atoms with Gasteiger partial charge in [0, 0.05) is 13.2 Å². The predicted molar refractivity (Wildman–Crippen MR) is 27.2 cm³/mol. The van der Waals surface area contributed by atoms with E-state index in [9.17, 15) is 13.2 Å². The average molecular weight is 142 g/mol. The molecular weight excluding hydrogens is 133 g/mol. The maximum absolute atomic E-state index is 9.67. The van der Waals surface area contributed by atoms with E-state index in [1.807, 2.05) is 0 Å². The van der Waals surface area contributed by atoms with E-state index in [4.69, 9.17) is 4.74 Å². The van der Waals surface area contributed by atoms with E-state index in [1.54, 1.807) is 0 Å². The van der Waals surface area contributed by atoms with Crippen molar-refractivity contribution in [2.45, 2.75) is 19.5 Å². The minimum Gasteiger partial charge on any atom is -0.381 e. The molecule has 0 spiro atoms. The van der Waals surface area contributed by atoms with Crippen molar-refractivity contribution >= 4 is 0 Å². The second kappa shape index (κ2) is 5.88. The van der Waals surface area contributed by atoms with E-state index in [0.29, 0.717) is 0 Å². The van der Waals surface area contributed by atoms with Crippen molar-refractivity contribution in [2.75, 3.05) is 13.2 Å². The van der Waals surface area contributed by atoms with Crippen LogP contribution in [0.15, 0.2) is 0 Å². The van der Waals surface area contributed by atoms with Gasteiger partial charge in [0.15, 0.2) is 0 Å². The Bertz CT molecular complexity index is 43.8. The van der Waals surface area contributed by atoms with Crippen molar-refractivity contribution in [2.24, 2.45) is 0 Å². The molecule has 1 fully saturated rings. The summed E-state index contributed by atoms with van der Waals surface area (Å²) in [5, 5.41) is 0. The SMILES string of the molecule is C1CCOC1.FC(F)F. The van der Waals surface area contributed by atoms with Crippen LogP contribution in [0.1, 0.15) is 12.8 Å². The smallest absolute Gasteiger partial charge is 0.379 e. The van der Waals surface area contributed by atoms with Gasteiger partial charge in [0.1, 0.15) is 0 Å². The van der Waals surface area contributed by atoms with Crippen molar-refractivity contribution in [3.05, 3.63) is 0 Å². The van der Waals surface area contributed by atoms with Gasteiger partial charge in [-0.2, -0.15) is 13.2 Å².